The van der Waals surface area contributed by atoms with Crippen molar-refractivity contribution in [2.24, 2.45) is 0 Å². The number of carbonyl (C=O) groups excluding carboxylic acids is 4. The van der Waals surface area contributed by atoms with E-state index in [9.17, 15) is 9.59 Å². The first kappa shape index (κ1) is 91.7. The minimum absolute atomic E-state index is 0. The fourth-order valence-electron chi connectivity index (χ4n) is 11.2. The lowest BCUT2D eigenvalue weighted by Gasteiger charge is -2.36. The van der Waals surface area contributed by atoms with Crippen LogP contribution in [0.2, 0.25) is 66.7 Å². The molecule has 8 heterocycles. The number of carbonyl (C=O) groups is 2. The molecule has 0 spiro atoms. The fourth-order valence-corrected chi connectivity index (χ4v) is 15.6. The van der Waals surface area contributed by atoms with E-state index in [2.05, 4.69) is 135 Å². The molecule has 32 heteroatoms. The summed E-state index contributed by atoms with van der Waals surface area (Å²) in [5.74, 6) is -2.25. The predicted octanol–water partition coefficient (Wildman–Crippen LogP) is 19.9. The van der Waals surface area contributed by atoms with Crippen molar-refractivity contribution in [2.75, 3.05) is 34.0 Å². The van der Waals surface area contributed by atoms with E-state index in [1.54, 1.807) is 42.8 Å². The molecule has 8 aromatic rings. The summed E-state index contributed by atoms with van der Waals surface area (Å²) in [5.41, 5.74) is 5.96. The predicted molar refractivity (Wildman–Crippen MR) is 435 cm³/mol. The Morgan fingerprint density at radius 3 is 1.36 bits per heavy atom. The highest BCUT2D eigenvalue weighted by Gasteiger charge is 2.60. The third-order valence-corrected chi connectivity index (χ3v) is 31.8. The number of hydrogen-bond donors (Lipinski definition) is 1. The van der Waals surface area contributed by atoms with E-state index in [1.807, 2.05) is 98.3 Å². The highest BCUT2D eigenvalue weighted by molar-refractivity contribution is 9.11. The van der Waals surface area contributed by atoms with Crippen molar-refractivity contribution in [1.29, 1.82) is 0 Å². The Labute approximate surface area is 684 Å². The van der Waals surface area contributed by atoms with Crippen LogP contribution in [0.5, 0.6) is 0 Å². The van der Waals surface area contributed by atoms with Gasteiger partial charge in [-0.05, 0) is 197 Å². The summed E-state index contributed by atoms with van der Waals surface area (Å²) in [6.45, 7) is 33.1. The molecule has 1 amide bonds. The standard InChI is InChI=1S/C28H35Cl2N3O5Si.C16H19ClN4O5.C14H22BrClOSi.C8H8BrClO.C7H6BrCl.CO2.CH4/c1-27(2,3)39(6,7)35-13-11-16-14-17(29)8-9-18(16)20(34)21-22-23(38-28(4,5)37-22)26(36-21)33-12-10-19-24(30)31-15-32-25(19)33;1-16(2)25-9-10(14(22)20(3)23-4)24-15(11(9)26-16)21-6-5-8-12(17)18-7-19-13(8)21;1-14(2,3)18(4,5)17-9-8-11-10-12(16)6-7-13(11)15;9-8-2-1-7(10)5-6(8)3-4-11;1-5-4-6(9)2-3-7(5)8;2-1-3;/h8-10,12,14-15,21-23,26H,11,13H2,1-7H3;5-7,9-11,15H,1-4H3;6-7,10H,8-9H2,1-5H3;1-2,5,11H,3-4H2;2-4H,1H3;;1H4/t21-,22-,23-,26-;9-,10+,11-,15-;;;;;/m11...../s1. The van der Waals surface area contributed by atoms with Crippen molar-refractivity contribution in [3.8, 4) is 0 Å². The zero-order valence-electron chi connectivity index (χ0n) is 62.0. The number of likely N-dealkylation sites (N-methyl/N-ethyl adjacent to an activating group) is 1. The van der Waals surface area contributed by atoms with E-state index in [0.717, 1.165) is 52.7 Å². The van der Waals surface area contributed by atoms with E-state index in [1.165, 1.54) is 37.9 Å². The van der Waals surface area contributed by atoms with E-state index >= 15 is 0 Å². The number of ketones is 1. The second kappa shape index (κ2) is 39.1. The van der Waals surface area contributed by atoms with E-state index < -0.39 is 77.3 Å². The van der Waals surface area contributed by atoms with Crippen LogP contribution >= 0.6 is 117 Å². The average Bonchev–Trinajstić information content (AvgIpc) is 1.59. The van der Waals surface area contributed by atoms with E-state index in [4.69, 9.17) is 126 Å². The van der Waals surface area contributed by atoms with Gasteiger partial charge in [-0.2, -0.15) is 9.59 Å². The topological polar surface area (TPSA) is 236 Å². The lowest BCUT2D eigenvalue weighted by molar-refractivity contribution is -0.211. The summed E-state index contributed by atoms with van der Waals surface area (Å²) in [6, 6.07) is 26.1. The molecule has 21 nitrogen and oxygen atoms in total. The number of amides is 1. The van der Waals surface area contributed by atoms with Crippen LogP contribution in [-0.4, -0.2) is 156 Å². The van der Waals surface area contributed by atoms with Crippen molar-refractivity contribution < 1.29 is 66.4 Å². The first-order chi connectivity index (χ1) is 49.5. The normalized spacial score (nSPS) is 20.4. The molecule has 12 rings (SSSR count). The van der Waals surface area contributed by atoms with Gasteiger partial charge in [0.15, 0.2) is 58.7 Å². The third-order valence-electron chi connectivity index (χ3n) is 18.7. The van der Waals surface area contributed by atoms with Crippen LogP contribution in [0, 0.1) is 6.92 Å². The SMILES string of the molecule is C.CC(C)(C)[Si](C)(C)OCCc1cc(Cl)ccc1Br.CC1(C)O[C@@H]2[C@H](O1)[C@@H](C(=O)c1ccc(Cl)cc1CCO[Si](C)(C)C(C)(C)C)O[C@H]2n1ccc2c(Cl)ncnc21.CON(C)C(=O)[C@H]1O[C@@H](n2ccc3c(Cl)ncnc32)[C@@H]2OC(C)(C)O[C@@H]21.Cc1cc(Cl)ccc1Br.O=C=O.OCCc1cc(Cl)ccc1Br. The maximum atomic E-state index is 14.1. The lowest BCUT2D eigenvalue weighted by atomic mass is 9.95. The number of aliphatic hydroxyl groups excluding tert-OH is 1. The van der Waals surface area contributed by atoms with Crippen LogP contribution in [0.25, 0.3) is 22.1 Å². The smallest absolute Gasteiger partial charge is 0.373 e. The van der Waals surface area contributed by atoms with Crippen LogP contribution in [0.3, 0.4) is 0 Å². The molecule has 1 N–H and O–H groups in total. The highest BCUT2D eigenvalue weighted by atomic mass is 79.9. The molecule has 584 valence electrons. The number of aromatic nitrogens is 6. The molecule has 107 heavy (non-hydrogen) atoms. The molecular formula is C75H94Br3Cl6N7O14Si2. The van der Waals surface area contributed by atoms with Gasteiger partial charge in [0.2, 0.25) is 0 Å². The van der Waals surface area contributed by atoms with Crippen LogP contribution < -0.4 is 0 Å². The second-order valence-electron chi connectivity index (χ2n) is 29.1. The summed E-state index contributed by atoms with van der Waals surface area (Å²) < 4.78 is 56.3. The number of Topliss-reactive ketones (excluding diaryl/α,β-unsaturated/α-hetero) is 1. The van der Waals surface area contributed by atoms with Crippen molar-refractivity contribution in [3.05, 3.63) is 182 Å². The Balaban J connectivity index is 0.000000227. The molecule has 4 aliphatic rings. The molecule has 4 aromatic carbocycles. The van der Waals surface area contributed by atoms with Gasteiger partial charge >= 0.3 is 6.15 Å². The largest absolute Gasteiger partial charge is 0.416 e. The second-order valence-corrected chi connectivity index (χ2v) is 43.7. The van der Waals surface area contributed by atoms with Gasteiger partial charge in [-0.25, -0.2) is 25.0 Å². The first-order valence-electron chi connectivity index (χ1n) is 33.8. The van der Waals surface area contributed by atoms with Gasteiger partial charge in [0.05, 0.1) is 17.9 Å². The summed E-state index contributed by atoms with van der Waals surface area (Å²) >= 11 is 46.5. The number of rotatable bonds is 16. The van der Waals surface area contributed by atoms with Gasteiger partial charge in [-0.3, -0.25) is 14.4 Å². The van der Waals surface area contributed by atoms with Crippen molar-refractivity contribution in [1.82, 2.24) is 34.1 Å². The third kappa shape index (κ3) is 23.7. The Morgan fingerprint density at radius 1 is 0.579 bits per heavy atom. The summed E-state index contributed by atoms with van der Waals surface area (Å²) in [4.78, 5) is 64.7. The number of ether oxygens (including phenoxy) is 6. The maximum Gasteiger partial charge on any atom is 0.373 e. The minimum Gasteiger partial charge on any atom is -0.416 e. The van der Waals surface area contributed by atoms with E-state index in [-0.39, 0.29) is 42.0 Å². The quantitative estimate of drug-likeness (QED) is 0.0409. The lowest BCUT2D eigenvalue weighted by Crippen LogP contribution is -2.43. The molecule has 0 radical (unpaired) electrons. The van der Waals surface area contributed by atoms with Gasteiger partial charge < -0.3 is 51.5 Å². The molecule has 4 aliphatic heterocycles. The molecule has 4 fully saturated rings. The van der Waals surface area contributed by atoms with Crippen molar-refractivity contribution in [3.63, 3.8) is 0 Å². The highest BCUT2D eigenvalue weighted by Crippen LogP contribution is 2.48. The molecule has 4 aromatic heterocycles. The molecule has 8 atom stereocenters. The maximum absolute atomic E-state index is 14.1. The van der Waals surface area contributed by atoms with Crippen LogP contribution in [0.1, 0.15) is 122 Å². The fraction of sp³-hybridized carbons (Fsp3) is 0.480. The first-order valence-corrected chi connectivity index (χ1v) is 44.2. The van der Waals surface area contributed by atoms with Crippen molar-refractivity contribution >= 4 is 174 Å². The molecular weight excluding hydrogens is 1730 g/mol. The molecule has 0 saturated carbocycles. The number of halogens is 9. The van der Waals surface area contributed by atoms with Crippen LogP contribution in [0.4, 0.5) is 0 Å². The Kier molecular flexibility index (Phi) is 33.5. The number of nitrogens with zero attached hydrogens (tertiary/aromatic N) is 7. The van der Waals surface area contributed by atoms with Crippen molar-refractivity contribution in [2.45, 2.75) is 200 Å². The molecule has 0 bridgehead atoms. The Hall–Kier alpha value is -4.15. The average molecular weight is 1830 g/mol. The monoisotopic (exact) mass is 1820 g/mol. The Bertz CT molecular complexity index is 4390. The zero-order valence-corrected chi connectivity index (χ0v) is 73.3. The van der Waals surface area contributed by atoms with Gasteiger partial charge in [0, 0.05) is 78.3 Å². The molecule has 4 saturated heterocycles. The number of aliphatic hydroxyl groups is 1. The zero-order chi connectivity index (χ0) is 78.8. The Morgan fingerprint density at radius 2 is 0.953 bits per heavy atom. The number of hydroxylamine groups is 2. The molecule has 0 aliphatic carbocycles. The van der Waals surface area contributed by atoms with Gasteiger partial charge in [0.25, 0.3) is 5.91 Å². The van der Waals surface area contributed by atoms with Gasteiger partial charge in [0.1, 0.15) is 58.7 Å². The number of fused-ring (bicyclic) bond motifs is 4. The number of aryl methyl sites for hydroxylation is 1. The van der Waals surface area contributed by atoms with Gasteiger partial charge in [-0.1, -0.05) is 166 Å². The van der Waals surface area contributed by atoms with Gasteiger partial charge in [-0.15, -0.1) is 0 Å². The van der Waals surface area contributed by atoms with Crippen LogP contribution in [0.15, 0.2) is 123 Å². The summed E-state index contributed by atoms with van der Waals surface area (Å²) in [5, 5.41) is 15.0. The minimum atomic E-state index is -1.94. The summed E-state index contributed by atoms with van der Waals surface area (Å²) in [7, 11) is -0.649. The summed E-state index contributed by atoms with van der Waals surface area (Å²) in [6.07, 6.45) is 3.50. The number of benzene rings is 4. The van der Waals surface area contributed by atoms with Crippen LogP contribution in [-0.2, 0) is 75.8 Å². The molecule has 0 unspecified atom stereocenters. The van der Waals surface area contributed by atoms with E-state index in [0.29, 0.717) is 67.4 Å². The number of hydrogen-bond acceptors (Lipinski definition) is 18.